The van der Waals surface area contributed by atoms with Gasteiger partial charge in [-0.15, -0.1) is 0 Å². The number of nitrogens with one attached hydrogen (secondary N) is 1. The molecular formula is C23H29N5O. The van der Waals surface area contributed by atoms with Crippen LogP contribution in [0.2, 0.25) is 0 Å². The lowest BCUT2D eigenvalue weighted by Crippen LogP contribution is -2.37. The Bertz CT molecular complexity index is 989. The third-order valence-electron chi connectivity index (χ3n) is 5.64. The molecule has 1 unspecified atom stereocenters. The molecule has 2 aromatic heterocycles. The highest BCUT2D eigenvalue weighted by Gasteiger charge is 2.23. The number of hydrogen-bond acceptors (Lipinski definition) is 4. The van der Waals surface area contributed by atoms with Crippen LogP contribution < -0.4 is 5.32 Å². The maximum absolute atomic E-state index is 13.2. The lowest BCUT2D eigenvalue weighted by atomic mass is 10.0. The molecule has 3 heterocycles. The van der Waals surface area contributed by atoms with Gasteiger partial charge in [0.2, 0.25) is 0 Å². The molecule has 1 amide bonds. The molecular weight excluding hydrogens is 362 g/mol. The Hall–Kier alpha value is -2.73. The van der Waals surface area contributed by atoms with E-state index in [-0.39, 0.29) is 18.0 Å². The number of aromatic nitrogens is 3. The van der Waals surface area contributed by atoms with Crippen molar-refractivity contribution in [2.75, 3.05) is 19.6 Å². The molecule has 29 heavy (non-hydrogen) atoms. The molecule has 152 valence electrons. The van der Waals surface area contributed by atoms with Gasteiger partial charge < -0.3 is 10.2 Å². The summed E-state index contributed by atoms with van der Waals surface area (Å²) in [5.74, 6) is -0.0813. The Morgan fingerprint density at radius 3 is 2.59 bits per heavy atom. The minimum absolute atomic E-state index is 0.0460. The Kier molecular flexibility index (Phi) is 5.62. The van der Waals surface area contributed by atoms with Gasteiger partial charge in [0, 0.05) is 18.0 Å². The standard InChI is InChI=1S/C23H29N5O/c1-16(2)28-22-19(14-24-28)13-20(17(3)25-22)23(29)26-21(15-27-11-7-8-12-27)18-9-5-4-6-10-18/h4-6,9-10,13-14,16,21H,7-8,11-12,15H2,1-3H3,(H,26,29). The van der Waals surface area contributed by atoms with Crippen molar-refractivity contribution in [2.24, 2.45) is 0 Å². The van der Waals surface area contributed by atoms with Crippen LogP contribution in [-0.2, 0) is 0 Å². The molecule has 1 saturated heterocycles. The van der Waals surface area contributed by atoms with Crippen molar-refractivity contribution in [3.05, 3.63) is 59.4 Å². The van der Waals surface area contributed by atoms with Gasteiger partial charge in [-0.2, -0.15) is 5.10 Å². The second-order valence-electron chi connectivity index (χ2n) is 8.16. The highest BCUT2D eigenvalue weighted by atomic mass is 16.1. The summed E-state index contributed by atoms with van der Waals surface area (Å²) in [4.78, 5) is 20.3. The predicted octanol–water partition coefficient (Wildman–Crippen LogP) is 3.89. The van der Waals surface area contributed by atoms with Crippen molar-refractivity contribution in [1.82, 2.24) is 25.0 Å². The van der Waals surface area contributed by atoms with Gasteiger partial charge in [0.15, 0.2) is 5.65 Å². The minimum atomic E-state index is -0.0813. The predicted molar refractivity (Wildman–Crippen MR) is 115 cm³/mol. The number of carbonyl (C=O) groups excluding carboxylic acids is 1. The first-order chi connectivity index (χ1) is 14.0. The van der Waals surface area contributed by atoms with Gasteiger partial charge in [-0.05, 0) is 58.3 Å². The molecule has 1 aliphatic heterocycles. The van der Waals surface area contributed by atoms with Crippen molar-refractivity contribution < 1.29 is 4.79 Å². The molecule has 6 nitrogen and oxygen atoms in total. The van der Waals surface area contributed by atoms with Gasteiger partial charge in [0.1, 0.15) is 0 Å². The Morgan fingerprint density at radius 2 is 1.90 bits per heavy atom. The van der Waals surface area contributed by atoms with Gasteiger partial charge in [0.25, 0.3) is 5.91 Å². The fraction of sp³-hybridized carbons (Fsp3) is 0.435. The number of aryl methyl sites for hydroxylation is 1. The summed E-state index contributed by atoms with van der Waals surface area (Å²) in [5.41, 5.74) is 3.30. The molecule has 4 rings (SSSR count). The van der Waals surface area contributed by atoms with Crippen LogP contribution in [0.15, 0.2) is 42.6 Å². The van der Waals surface area contributed by atoms with E-state index in [2.05, 4.69) is 41.3 Å². The summed E-state index contributed by atoms with van der Waals surface area (Å²) in [5, 5.41) is 8.59. The summed E-state index contributed by atoms with van der Waals surface area (Å²) in [6.45, 7) is 9.07. The van der Waals surface area contributed by atoms with Gasteiger partial charge in [-0.25, -0.2) is 9.67 Å². The number of hydrogen-bond donors (Lipinski definition) is 1. The van der Waals surface area contributed by atoms with E-state index < -0.39 is 0 Å². The largest absolute Gasteiger partial charge is 0.344 e. The SMILES string of the molecule is Cc1nc2c(cnn2C(C)C)cc1C(=O)NC(CN1CCCC1)c1ccccc1. The first-order valence-electron chi connectivity index (χ1n) is 10.5. The van der Waals surface area contributed by atoms with Crippen molar-refractivity contribution in [2.45, 2.75) is 45.7 Å². The maximum atomic E-state index is 13.2. The van der Waals surface area contributed by atoms with Gasteiger partial charge >= 0.3 is 0 Å². The monoisotopic (exact) mass is 391 g/mol. The van der Waals surface area contributed by atoms with Crippen molar-refractivity contribution in [1.29, 1.82) is 0 Å². The lowest BCUT2D eigenvalue weighted by molar-refractivity contribution is 0.0926. The molecule has 1 aliphatic rings. The van der Waals surface area contributed by atoms with E-state index in [0.717, 1.165) is 41.9 Å². The summed E-state index contributed by atoms with van der Waals surface area (Å²) < 4.78 is 1.89. The molecule has 1 N–H and O–H groups in total. The van der Waals surface area contributed by atoms with Crippen LogP contribution in [0.4, 0.5) is 0 Å². The van der Waals surface area contributed by atoms with Crippen LogP contribution in [0.3, 0.4) is 0 Å². The van der Waals surface area contributed by atoms with E-state index in [4.69, 9.17) is 4.98 Å². The molecule has 0 aliphatic carbocycles. The number of pyridine rings is 1. The van der Waals surface area contributed by atoms with Gasteiger partial charge in [-0.3, -0.25) is 4.79 Å². The maximum Gasteiger partial charge on any atom is 0.253 e. The van der Waals surface area contributed by atoms with Gasteiger partial charge in [0.05, 0.1) is 23.5 Å². The minimum Gasteiger partial charge on any atom is -0.344 e. The third-order valence-corrected chi connectivity index (χ3v) is 5.64. The van der Waals surface area contributed by atoms with E-state index in [1.54, 1.807) is 6.20 Å². The van der Waals surface area contributed by atoms with Crippen LogP contribution >= 0.6 is 0 Å². The molecule has 1 aromatic carbocycles. The molecule has 1 atom stereocenters. The molecule has 0 bridgehead atoms. The molecule has 1 fully saturated rings. The van der Waals surface area contributed by atoms with E-state index in [1.807, 2.05) is 35.9 Å². The number of nitrogens with zero attached hydrogens (tertiary/aromatic N) is 4. The highest BCUT2D eigenvalue weighted by molar-refractivity contribution is 5.98. The molecule has 0 radical (unpaired) electrons. The first-order valence-corrected chi connectivity index (χ1v) is 10.5. The average molecular weight is 392 g/mol. The van der Waals surface area contributed by atoms with Crippen molar-refractivity contribution >= 4 is 16.9 Å². The summed E-state index contributed by atoms with van der Waals surface area (Å²) in [6.07, 6.45) is 4.25. The fourth-order valence-corrected chi connectivity index (χ4v) is 4.05. The second kappa shape index (κ2) is 8.33. The second-order valence-corrected chi connectivity index (χ2v) is 8.16. The molecule has 0 spiro atoms. The molecule has 0 saturated carbocycles. The Labute approximate surface area is 171 Å². The summed E-state index contributed by atoms with van der Waals surface area (Å²) >= 11 is 0. The first kappa shape index (κ1) is 19.6. The van der Waals surface area contributed by atoms with E-state index in [1.165, 1.54) is 12.8 Å². The van der Waals surface area contributed by atoms with Crippen molar-refractivity contribution in [3.8, 4) is 0 Å². The number of benzene rings is 1. The topological polar surface area (TPSA) is 63.1 Å². The quantitative estimate of drug-likeness (QED) is 0.692. The van der Waals surface area contributed by atoms with E-state index >= 15 is 0 Å². The lowest BCUT2D eigenvalue weighted by Gasteiger charge is -2.25. The molecule has 6 heteroatoms. The molecule has 3 aromatic rings. The number of likely N-dealkylation sites (tertiary alicyclic amines) is 1. The zero-order valence-electron chi connectivity index (χ0n) is 17.4. The van der Waals surface area contributed by atoms with E-state index in [9.17, 15) is 4.79 Å². The zero-order valence-corrected chi connectivity index (χ0v) is 17.4. The van der Waals surface area contributed by atoms with Gasteiger partial charge in [-0.1, -0.05) is 30.3 Å². The third kappa shape index (κ3) is 4.17. The summed E-state index contributed by atoms with van der Waals surface area (Å²) in [6, 6.07) is 12.3. The fourth-order valence-electron chi connectivity index (χ4n) is 4.05. The van der Waals surface area contributed by atoms with Crippen molar-refractivity contribution in [3.63, 3.8) is 0 Å². The Morgan fingerprint density at radius 1 is 1.17 bits per heavy atom. The van der Waals surface area contributed by atoms with E-state index in [0.29, 0.717) is 5.56 Å². The zero-order chi connectivity index (χ0) is 20.4. The highest BCUT2D eigenvalue weighted by Crippen LogP contribution is 2.22. The normalized spacial score (nSPS) is 15.9. The number of carbonyl (C=O) groups is 1. The van der Waals surface area contributed by atoms with Crippen LogP contribution in [0, 0.1) is 6.92 Å². The van der Waals surface area contributed by atoms with Crippen LogP contribution in [0.5, 0.6) is 0 Å². The average Bonchev–Trinajstić information content (AvgIpc) is 3.36. The number of rotatable bonds is 6. The van der Waals surface area contributed by atoms with Crippen LogP contribution in [-0.4, -0.2) is 45.2 Å². The summed E-state index contributed by atoms with van der Waals surface area (Å²) in [7, 11) is 0. The van der Waals surface area contributed by atoms with Crippen LogP contribution in [0.1, 0.15) is 60.4 Å². The number of fused-ring (bicyclic) bond motifs is 1. The smallest absolute Gasteiger partial charge is 0.253 e. The Balaban J connectivity index is 1.60. The van der Waals surface area contributed by atoms with Crippen LogP contribution in [0.25, 0.3) is 11.0 Å². The number of amides is 1.